The molecule has 0 aliphatic carbocycles. The van der Waals surface area contributed by atoms with Crippen molar-refractivity contribution in [3.05, 3.63) is 24.2 Å². The molecular formula is C15H16FN5O. The normalized spacial score (nSPS) is 18.8. The maximum absolute atomic E-state index is 14.7. The predicted molar refractivity (Wildman–Crippen MR) is 81.1 cm³/mol. The van der Waals surface area contributed by atoms with Gasteiger partial charge < -0.3 is 15.0 Å². The summed E-state index contributed by atoms with van der Waals surface area (Å²) in [6.45, 7) is 3.71. The Kier molecular flexibility index (Phi) is 2.65. The first-order chi connectivity index (χ1) is 10.5. The van der Waals surface area contributed by atoms with E-state index in [2.05, 4.69) is 15.0 Å². The largest absolute Gasteiger partial charge is 0.382 e. The average molecular weight is 301 g/mol. The van der Waals surface area contributed by atoms with Crippen LogP contribution in [-0.4, -0.2) is 31.8 Å². The van der Waals surface area contributed by atoms with Crippen LogP contribution in [0.1, 0.15) is 25.7 Å². The van der Waals surface area contributed by atoms with Crippen LogP contribution in [0.4, 0.5) is 10.2 Å². The van der Waals surface area contributed by atoms with Gasteiger partial charge in [-0.1, -0.05) is 0 Å². The maximum Gasteiger partial charge on any atom is 0.152 e. The smallest absolute Gasteiger partial charge is 0.152 e. The number of imidazole rings is 1. The van der Waals surface area contributed by atoms with E-state index in [1.807, 2.05) is 10.6 Å². The first-order valence-electron chi connectivity index (χ1n) is 7.14. The van der Waals surface area contributed by atoms with Gasteiger partial charge in [0.1, 0.15) is 34.7 Å². The molecule has 1 atom stereocenters. The molecular weight excluding hydrogens is 285 g/mol. The second-order valence-corrected chi connectivity index (χ2v) is 6.06. The lowest BCUT2D eigenvalue weighted by Crippen LogP contribution is -2.36. The van der Waals surface area contributed by atoms with Gasteiger partial charge in [-0.25, -0.2) is 14.4 Å². The Morgan fingerprint density at radius 1 is 1.36 bits per heavy atom. The van der Waals surface area contributed by atoms with Gasteiger partial charge in [0.2, 0.25) is 0 Å². The molecule has 6 nitrogen and oxygen atoms in total. The number of hydrogen-bond donors (Lipinski definition) is 1. The number of nitrogen functional groups attached to an aromatic ring is 1. The number of nitrogens with two attached hydrogens (primary N) is 1. The zero-order valence-electron chi connectivity index (χ0n) is 12.4. The highest BCUT2D eigenvalue weighted by Crippen LogP contribution is 2.37. The van der Waals surface area contributed by atoms with E-state index in [9.17, 15) is 4.39 Å². The van der Waals surface area contributed by atoms with Crippen LogP contribution in [0.3, 0.4) is 0 Å². The minimum Gasteiger partial charge on any atom is -0.382 e. The summed E-state index contributed by atoms with van der Waals surface area (Å²) in [4.78, 5) is 13.3. The fourth-order valence-corrected chi connectivity index (χ4v) is 3.02. The van der Waals surface area contributed by atoms with Crippen molar-refractivity contribution in [1.82, 2.24) is 19.5 Å². The summed E-state index contributed by atoms with van der Waals surface area (Å²) in [5.74, 6) is 0.983. The Bertz CT molecular complexity index is 883. The van der Waals surface area contributed by atoms with E-state index in [0.29, 0.717) is 41.4 Å². The van der Waals surface area contributed by atoms with Gasteiger partial charge in [0.15, 0.2) is 5.82 Å². The Labute approximate surface area is 126 Å². The van der Waals surface area contributed by atoms with Gasteiger partial charge in [0, 0.05) is 6.20 Å². The van der Waals surface area contributed by atoms with E-state index < -0.39 is 11.7 Å². The molecule has 3 aromatic heterocycles. The van der Waals surface area contributed by atoms with Crippen LogP contribution < -0.4 is 5.73 Å². The van der Waals surface area contributed by atoms with Crippen LogP contribution in [0.25, 0.3) is 22.1 Å². The van der Waals surface area contributed by atoms with E-state index >= 15 is 0 Å². The molecule has 0 saturated carbocycles. The molecule has 2 N–H and O–H groups in total. The molecule has 0 bridgehead atoms. The molecule has 7 heteroatoms. The van der Waals surface area contributed by atoms with Crippen molar-refractivity contribution in [3.63, 3.8) is 0 Å². The van der Waals surface area contributed by atoms with Crippen molar-refractivity contribution in [2.24, 2.45) is 0 Å². The van der Waals surface area contributed by atoms with Gasteiger partial charge in [-0.15, -0.1) is 0 Å². The molecule has 4 rings (SSSR count). The van der Waals surface area contributed by atoms with Gasteiger partial charge in [-0.05, 0) is 26.0 Å². The Hall–Kier alpha value is -2.28. The number of nitrogens with zero attached hydrogens (tertiary/aromatic N) is 4. The summed E-state index contributed by atoms with van der Waals surface area (Å²) in [5.41, 5.74) is 7.23. The lowest BCUT2D eigenvalue weighted by molar-refractivity contribution is -0.00212. The highest BCUT2D eigenvalue weighted by Gasteiger charge is 2.37. The number of alkyl halides is 1. The third-order valence-electron chi connectivity index (χ3n) is 4.09. The molecule has 4 heterocycles. The van der Waals surface area contributed by atoms with Crippen LogP contribution in [-0.2, 0) is 11.3 Å². The number of anilines is 1. The summed E-state index contributed by atoms with van der Waals surface area (Å²) in [5, 5.41) is 0. The monoisotopic (exact) mass is 301 g/mol. The number of ether oxygens (including phenoxy) is 1. The Morgan fingerprint density at radius 2 is 2.18 bits per heavy atom. The van der Waals surface area contributed by atoms with Crippen LogP contribution in [0.15, 0.2) is 18.3 Å². The second kappa shape index (κ2) is 4.36. The number of pyridine rings is 2. The number of fused-ring (bicyclic) bond motifs is 5. The molecule has 0 radical (unpaired) electrons. The number of aromatic nitrogens is 4. The number of hydrogen-bond acceptors (Lipinski definition) is 5. The van der Waals surface area contributed by atoms with Crippen molar-refractivity contribution in [1.29, 1.82) is 0 Å². The standard InChI is InChI=1S/C15H16FN5O/c1-15(2,16)9-6-22-7-10-20-12-13(21(9)10)11-8(19-14(12)17)4-3-5-18-11/h3-5,9H,6-7H2,1-2H3,(H2,17,19)/t9-/m0/s1. The Morgan fingerprint density at radius 3 is 2.95 bits per heavy atom. The zero-order valence-corrected chi connectivity index (χ0v) is 12.4. The van der Waals surface area contributed by atoms with Gasteiger partial charge in [0.25, 0.3) is 0 Å². The predicted octanol–water partition coefficient (Wildman–Crippen LogP) is 2.38. The molecule has 0 fully saturated rings. The van der Waals surface area contributed by atoms with Gasteiger partial charge >= 0.3 is 0 Å². The molecule has 0 unspecified atom stereocenters. The maximum atomic E-state index is 14.7. The minimum atomic E-state index is -1.46. The molecule has 0 saturated heterocycles. The number of halogens is 1. The van der Waals surface area contributed by atoms with E-state index in [0.717, 1.165) is 5.52 Å². The van der Waals surface area contributed by atoms with E-state index in [1.54, 1.807) is 26.1 Å². The number of rotatable bonds is 1. The average Bonchev–Trinajstić information content (AvgIpc) is 2.86. The van der Waals surface area contributed by atoms with Crippen LogP contribution in [0.2, 0.25) is 0 Å². The fraction of sp³-hybridized carbons (Fsp3) is 0.400. The van der Waals surface area contributed by atoms with Gasteiger partial charge in [0.05, 0.1) is 18.2 Å². The van der Waals surface area contributed by atoms with E-state index in [1.165, 1.54) is 0 Å². The van der Waals surface area contributed by atoms with Crippen molar-refractivity contribution < 1.29 is 9.13 Å². The summed E-state index contributed by atoms with van der Waals surface area (Å²) < 4.78 is 22.1. The highest BCUT2D eigenvalue weighted by molar-refractivity contribution is 6.04. The van der Waals surface area contributed by atoms with Crippen molar-refractivity contribution in [2.75, 3.05) is 12.3 Å². The summed E-state index contributed by atoms with van der Waals surface area (Å²) >= 11 is 0. The highest BCUT2D eigenvalue weighted by atomic mass is 19.1. The first-order valence-corrected chi connectivity index (χ1v) is 7.14. The molecule has 114 valence electrons. The summed E-state index contributed by atoms with van der Waals surface area (Å²) in [6, 6.07) is 3.16. The Balaban J connectivity index is 2.16. The summed E-state index contributed by atoms with van der Waals surface area (Å²) in [6.07, 6.45) is 1.69. The van der Waals surface area contributed by atoms with E-state index in [4.69, 9.17) is 10.5 Å². The van der Waals surface area contributed by atoms with Crippen LogP contribution >= 0.6 is 0 Å². The summed E-state index contributed by atoms with van der Waals surface area (Å²) in [7, 11) is 0. The van der Waals surface area contributed by atoms with Crippen LogP contribution in [0, 0.1) is 0 Å². The van der Waals surface area contributed by atoms with Gasteiger partial charge in [-0.3, -0.25) is 4.98 Å². The molecule has 1 aliphatic heterocycles. The molecule has 3 aromatic rings. The quantitative estimate of drug-likeness (QED) is 0.746. The van der Waals surface area contributed by atoms with Crippen molar-refractivity contribution in [2.45, 2.75) is 32.2 Å². The lowest BCUT2D eigenvalue weighted by Gasteiger charge is -2.33. The molecule has 0 aromatic carbocycles. The SMILES string of the molecule is CC(C)(F)[C@@H]1COCc2nc3c(N)nc4cccnc4c3n21. The third kappa shape index (κ3) is 1.78. The van der Waals surface area contributed by atoms with Crippen LogP contribution in [0.5, 0.6) is 0 Å². The zero-order chi connectivity index (χ0) is 15.5. The second-order valence-electron chi connectivity index (χ2n) is 6.06. The third-order valence-corrected chi connectivity index (χ3v) is 4.09. The molecule has 1 aliphatic rings. The topological polar surface area (TPSA) is 78.8 Å². The van der Waals surface area contributed by atoms with Crippen molar-refractivity contribution >= 4 is 27.9 Å². The molecule has 0 spiro atoms. The first kappa shape index (κ1) is 13.4. The minimum absolute atomic E-state index is 0.290. The van der Waals surface area contributed by atoms with Gasteiger partial charge in [-0.2, -0.15) is 0 Å². The molecule has 0 amide bonds. The lowest BCUT2D eigenvalue weighted by atomic mass is 10.00. The fourth-order valence-electron chi connectivity index (χ4n) is 3.02. The van der Waals surface area contributed by atoms with E-state index in [-0.39, 0.29) is 0 Å². The molecule has 22 heavy (non-hydrogen) atoms. The van der Waals surface area contributed by atoms with Crippen molar-refractivity contribution in [3.8, 4) is 0 Å².